The summed E-state index contributed by atoms with van der Waals surface area (Å²) in [7, 11) is -8.67. The van der Waals surface area contributed by atoms with Crippen molar-refractivity contribution in [1.82, 2.24) is 15.4 Å². The lowest BCUT2D eigenvalue weighted by molar-refractivity contribution is -0.192. The maximum Gasteiger partial charge on any atom is 0.490 e. The van der Waals surface area contributed by atoms with E-state index >= 15 is 0 Å². The van der Waals surface area contributed by atoms with E-state index in [0.29, 0.717) is 11.3 Å². The van der Waals surface area contributed by atoms with E-state index in [1.807, 2.05) is 6.07 Å². The summed E-state index contributed by atoms with van der Waals surface area (Å²) >= 11 is 0. The van der Waals surface area contributed by atoms with Crippen molar-refractivity contribution in [2.75, 3.05) is 6.61 Å². The van der Waals surface area contributed by atoms with Crippen molar-refractivity contribution in [1.29, 1.82) is 5.26 Å². The van der Waals surface area contributed by atoms with E-state index in [2.05, 4.69) is 20.3 Å². The molecule has 308 valence electrons. The largest absolute Gasteiger partial charge is 0.490 e. The Morgan fingerprint density at radius 3 is 1.79 bits per heavy atom. The van der Waals surface area contributed by atoms with Gasteiger partial charge >= 0.3 is 19.7 Å². The van der Waals surface area contributed by atoms with Crippen LogP contribution in [0, 0.1) is 11.3 Å². The lowest BCUT2D eigenvalue weighted by Gasteiger charge is -2.29. The zero-order chi connectivity index (χ0) is 43.1. The minimum absolute atomic E-state index is 0.0882. The van der Waals surface area contributed by atoms with Gasteiger partial charge in [-0.25, -0.2) is 22.8 Å². The van der Waals surface area contributed by atoms with Crippen molar-refractivity contribution < 1.29 is 59.8 Å². The third-order valence-electron chi connectivity index (χ3n) is 7.35. The van der Waals surface area contributed by atoms with Crippen LogP contribution in [0.4, 0.5) is 18.9 Å². The topological polar surface area (TPSA) is 286 Å². The first-order chi connectivity index (χ1) is 27.3. The standard InChI is InChI=1S/C34H36N7O8PS.C2HF3O2/c1-23(38-33(44)30(22-42)41-51(46,47)29-18-14-25(21-35)15-19-29)32(43)40-31(20-24-12-16-26(17-13-24)39-34(36)37)50(45,48-27-8-4-2-5-9-27)49-28-10-6-3-7-11-28;3-2(4,5)1(6)7/h2-19,23,30-31,41-42H,20,22H2,1H3,(H,38,44)(H,40,43)(H4,36,37,39);(H,6,7)/t23-,30+,31?;/m0./s1. The van der Waals surface area contributed by atoms with Gasteiger partial charge in [0, 0.05) is 6.42 Å². The molecule has 0 aliphatic heterocycles. The number of amides is 2. The molecule has 4 aromatic carbocycles. The second-order valence-electron chi connectivity index (χ2n) is 11.8. The number of nitrogens with zero attached hydrogens (tertiary/aromatic N) is 2. The Morgan fingerprint density at radius 2 is 1.36 bits per heavy atom. The molecule has 4 rings (SSSR count). The maximum absolute atomic E-state index is 14.8. The van der Waals surface area contributed by atoms with Crippen molar-refractivity contribution in [2.24, 2.45) is 16.5 Å². The summed E-state index contributed by atoms with van der Waals surface area (Å²) in [4.78, 5) is 39.4. The third kappa shape index (κ3) is 14.2. The van der Waals surface area contributed by atoms with Crippen LogP contribution in [-0.2, 0) is 35.4 Å². The van der Waals surface area contributed by atoms with E-state index in [-0.39, 0.29) is 34.3 Å². The molecule has 17 nitrogen and oxygen atoms in total. The highest BCUT2D eigenvalue weighted by atomic mass is 32.2. The van der Waals surface area contributed by atoms with Gasteiger partial charge in [0.15, 0.2) is 11.7 Å². The molecule has 0 saturated heterocycles. The molecule has 9 N–H and O–H groups in total. The van der Waals surface area contributed by atoms with Crippen molar-refractivity contribution in [3.63, 3.8) is 0 Å². The molecule has 22 heteroatoms. The predicted molar refractivity (Wildman–Crippen MR) is 203 cm³/mol. The highest BCUT2D eigenvalue weighted by molar-refractivity contribution is 7.89. The molecule has 2 amide bonds. The van der Waals surface area contributed by atoms with Gasteiger partial charge in [0.25, 0.3) is 0 Å². The van der Waals surface area contributed by atoms with Crippen LogP contribution in [0.25, 0.3) is 0 Å². The fraction of sp³-hybridized carbons (Fsp3) is 0.194. The monoisotopic (exact) mass is 847 g/mol. The van der Waals surface area contributed by atoms with E-state index in [1.54, 1.807) is 84.9 Å². The molecule has 3 atom stereocenters. The molecular formula is C36H37F3N7O10PS. The van der Waals surface area contributed by atoms with Gasteiger partial charge in [-0.15, -0.1) is 0 Å². The number of carboxylic acid groups (broad SMARTS) is 1. The van der Waals surface area contributed by atoms with Crippen LogP contribution in [0.1, 0.15) is 18.1 Å². The SMILES string of the molecule is C[C@H](NC(=O)[C@@H](CO)NS(=O)(=O)c1ccc(C#N)cc1)C(=O)NC(Cc1ccc(N=C(N)N)cc1)P(=O)(Oc1ccccc1)Oc1ccccc1.O=C(O)C(F)(F)F. The fourth-order valence-electron chi connectivity index (χ4n) is 4.53. The second kappa shape index (κ2) is 20.6. The van der Waals surface area contributed by atoms with Crippen LogP contribution in [0.2, 0.25) is 0 Å². The number of hydrogen-bond acceptors (Lipinski definition) is 11. The molecule has 0 aliphatic carbocycles. The molecule has 0 aliphatic rings. The van der Waals surface area contributed by atoms with E-state index in [9.17, 15) is 40.8 Å². The van der Waals surface area contributed by atoms with E-state index in [1.165, 1.54) is 31.2 Å². The molecule has 0 saturated carbocycles. The summed E-state index contributed by atoms with van der Waals surface area (Å²) in [6.07, 6.45) is -5.17. The Kier molecular flexibility index (Phi) is 16.3. The highest BCUT2D eigenvalue weighted by Crippen LogP contribution is 2.53. The number of hydrogen-bond donors (Lipinski definition) is 7. The number of carbonyl (C=O) groups excluding carboxylic acids is 2. The molecule has 0 fully saturated rings. The van der Waals surface area contributed by atoms with Gasteiger partial charge in [-0.2, -0.15) is 23.2 Å². The summed E-state index contributed by atoms with van der Waals surface area (Å²) in [5.41, 5.74) is 12.2. The molecule has 0 bridgehead atoms. The first kappa shape index (κ1) is 45.9. The molecule has 1 unspecified atom stereocenters. The van der Waals surface area contributed by atoms with Gasteiger partial charge in [-0.05, 0) is 73.2 Å². The number of sulfonamides is 1. The van der Waals surface area contributed by atoms with Crippen molar-refractivity contribution in [3.05, 3.63) is 120 Å². The van der Waals surface area contributed by atoms with Gasteiger partial charge in [0.05, 0.1) is 28.8 Å². The van der Waals surface area contributed by atoms with E-state index in [0.717, 1.165) is 0 Å². The molecule has 0 radical (unpaired) electrons. The lowest BCUT2D eigenvalue weighted by Crippen LogP contribution is -2.55. The zero-order valence-corrected chi connectivity index (χ0v) is 31.9. The van der Waals surface area contributed by atoms with Gasteiger partial charge in [-0.3, -0.25) is 9.59 Å². The smallest absolute Gasteiger partial charge is 0.475 e. The molecule has 0 heterocycles. The number of halogens is 3. The number of nitriles is 1. The maximum atomic E-state index is 14.8. The second-order valence-corrected chi connectivity index (χ2v) is 15.6. The Bertz CT molecular complexity index is 2200. The van der Waals surface area contributed by atoms with Gasteiger partial charge in [0.1, 0.15) is 23.6 Å². The molecule has 58 heavy (non-hydrogen) atoms. The summed E-state index contributed by atoms with van der Waals surface area (Å²) in [6, 6.07) is 26.8. The number of nitrogens with two attached hydrogens (primary N) is 2. The molecule has 0 spiro atoms. The average Bonchev–Trinajstić information content (AvgIpc) is 3.17. The first-order valence-corrected chi connectivity index (χ1v) is 19.7. The van der Waals surface area contributed by atoms with Gasteiger partial charge < -0.3 is 41.4 Å². The predicted octanol–water partition coefficient (Wildman–Crippen LogP) is 3.28. The minimum Gasteiger partial charge on any atom is -0.475 e. The number of benzene rings is 4. The quantitative estimate of drug-likeness (QED) is 0.0485. The number of alkyl halides is 3. The molecule has 4 aromatic rings. The molecular weight excluding hydrogens is 810 g/mol. The Labute approximate surface area is 330 Å². The number of rotatable bonds is 16. The normalized spacial score (nSPS) is 12.8. The minimum atomic E-state index is -5.08. The van der Waals surface area contributed by atoms with Gasteiger partial charge in [0.2, 0.25) is 21.8 Å². The van der Waals surface area contributed by atoms with Crippen LogP contribution < -0.4 is 35.9 Å². The van der Waals surface area contributed by atoms with Crippen LogP contribution in [0.15, 0.2) is 119 Å². The van der Waals surface area contributed by atoms with Crippen LogP contribution in [0.3, 0.4) is 0 Å². The van der Waals surface area contributed by atoms with Crippen molar-refractivity contribution in [2.45, 2.75) is 42.3 Å². The third-order valence-corrected chi connectivity index (χ3v) is 10.8. The summed E-state index contributed by atoms with van der Waals surface area (Å²) in [6.45, 7) is 0.373. The van der Waals surface area contributed by atoms with E-state index in [4.69, 9.17) is 35.7 Å². The lowest BCUT2D eigenvalue weighted by atomic mass is 10.1. The number of aliphatic imine (C=N–C) groups is 1. The highest BCUT2D eigenvalue weighted by Gasteiger charge is 2.42. The molecule has 0 aromatic heterocycles. The zero-order valence-electron chi connectivity index (χ0n) is 30.2. The average molecular weight is 848 g/mol. The number of para-hydroxylation sites is 2. The number of aliphatic hydroxyl groups excluding tert-OH is 1. The number of carbonyl (C=O) groups is 3. The number of nitrogens with one attached hydrogen (secondary N) is 3. The number of aliphatic hydroxyl groups is 1. The van der Waals surface area contributed by atoms with Crippen LogP contribution >= 0.6 is 7.60 Å². The number of guanidine groups is 1. The fourth-order valence-corrected chi connectivity index (χ4v) is 7.56. The van der Waals surface area contributed by atoms with Gasteiger partial charge in [-0.1, -0.05) is 48.5 Å². The van der Waals surface area contributed by atoms with E-state index < -0.39 is 66.1 Å². The number of carboxylic acids is 1. The summed E-state index contributed by atoms with van der Waals surface area (Å²) in [5.74, 6) is -5.71. The Morgan fingerprint density at radius 1 is 0.862 bits per heavy atom. The van der Waals surface area contributed by atoms with Crippen molar-refractivity contribution in [3.8, 4) is 17.6 Å². The van der Waals surface area contributed by atoms with Crippen LogP contribution in [-0.4, -0.2) is 73.0 Å². The Hall–Kier alpha value is -6.46. The summed E-state index contributed by atoms with van der Waals surface area (Å²) < 4.78 is 86.4. The number of aliphatic carboxylic acids is 1. The van der Waals surface area contributed by atoms with Crippen LogP contribution in [0.5, 0.6) is 11.5 Å². The summed E-state index contributed by atoms with van der Waals surface area (Å²) in [5, 5.41) is 31.0. The first-order valence-electron chi connectivity index (χ1n) is 16.6. The Balaban J connectivity index is 0.00000117. The van der Waals surface area contributed by atoms with Crippen molar-refractivity contribution >= 4 is 47.0 Å².